The summed E-state index contributed by atoms with van der Waals surface area (Å²) >= 11 is 0. The van der Waals surface area contributed by atoms with E-state index in [0.29, 0.717) is 23.7 Å². The Hall–Kier alpha value is -4.15. The Morgan fingerprint density at radius 3 is 2.29 bits per heavy atom. The molecule has 184 valence electrons. The van der Waals surface area contributed by atoms with Gasteiger partial charge < -0.3 is 14.4 Å². The van der Waals surface area contributed by atoms with Crippen molar-refractivity contribution < 1.29 is 19.2 Å². The summed E-state index contributed by atoms with van der Waals surface area (Å²) in [5, 5.41) is 12.1. The lowest BCUT2D eigenvalue weighted by Crippen LogP contribution is -2.46. The Morgan fingerprint density at radius 1 is 1.06 bits per heavy atom. The Morgan fingerprint density at radius 2 is 1.69 bits per heavy atom. The zero-order valence-corrected chi connectivity index (χ0v) is 19.9. The van der Waals surface area contributed by atoms with Gasteiger partial charge in [-0.25, -0.2) is 4.79 Å². The summed E-state index contributed by atoms with van der Waals surface area (Å²) in [6.07, 6.45) is 0.721. The van der Waals surface area contributed by atoms with Gasteiger partial charge in [-0.2, -0.15) is 0 Å². The van der Waals surface area contributed by atoms with Crippen molar-refractivity contribution in [2.45, 2.75) is 25.8 Å². The molecule has 0 aliphatic carbocycles. The van der Waals surface area contributed by atoms with Gasteiger partial charge in [0.15, 0.2) is 11.5 Å². The number of aryl methyl sites for hydroxylation is 2. The lowest BCUT2D eigenvalue weighted by Gasteiger charge is -2.32. The van der Waals surface area contributed by atoms with Crippen molar-refractivity contribution in [3.05, 3.63) is 72.4 Å². The molecule has 2 heterocycles. The first-order valence-electron chi connectivity index (χ1n) is 11.1. The second-order valence-electron chi connectivity index (χ2n) is 8.54. The van der Waals surface area contributed by atoms with Gasteiger partial charge in [0.25, 0.3) is 17.2 Å². The quantitative estimate of drug-likeness (QED) is 0.404. The Balaban J connectivity index is 1.63. The van der Waals surface area contributed by atoms with Gasteiger partial charge in [0.05, 0.1) is 36.1 Å². The van der Waals surface area contributed by atoms with Crippen LogP contribution in [0.1, 0.15) is 34.8 Å². The van der Waals surface area contributed by atoms with Crippen LogP contribution < -0.4 is 20.7 Å². The van der Waals surface area contributed by atoms with Crippen molar-refractivity contribution in [1.82, 2.24) is 14.0 Å². The zero-order chi connectivity index (χ0) is 25.4. The van der Waals surface area contributed by atoms with E-state index in [1.54, 1.807) is 19.2 Å². The van der Waals surface area contributed by atoms with E-state index >= 15 is 0 Å². The Kier molecular flexibility index (Phi) is 6.33. The minimum atomic E-state index is -0.637. The second-order valence-corrected chi connectivity index (χ2v) is 8.54. The molecule has 0 atom stereocenters. The third kappa shape index (κ3) is 4.13. The molecule has 1 fully saturated rings. The third-order valence-corrected chi connectivity index (χ3v) is 6.50. The van der Waals surface area contributed by atoms with E-state index in [1.807, 2.05) is 13.0 Å². The van der Waals surface area contributed by atoms with Gasteiger partial charge in [0, 0.05) is 32.2 Å². The summed E-state index contributed by atoms with van der Waals surface area (Å²) in [4.78, 5) is 51.9. The highest BCUT2D eigenvalue weighted by molar-refractivity contribution is 5.99. The number of nitro groups is 1. The van der Waals surface area contributed by atoms with Crippen LogP contribution in [0, 0.1) is 17.0 Å². The number of ether oxygens (including phenoxy) is 2. The number of nitrogens with zero attached hydrogens (tertiary/aromatic N) is 4. The second kappa shape index (κ2) is 9.24. The van der Waals surface area contributed by atoms with Crippen molar-refractivity contribution in [3.8, 4) is 11.5 Å². The minimum absolute atomic E-state index is 0.111. The smallest absolute Gasteiger partial charge is 0.331 e. The molecule has 0 saturated carbocycles. The van der Waals surface area contributed by atoms with E-state index in [-0.39, 0.29) is 41.4 Å². The largest absolute Gasteiger partial charge is 0.493 e. The number of fused-ring (bicyclic) bond motifs is 1. The van der Waals surface area contributed by atoms with Gasteiger partial charge in [-0.15, -0.1) is 0 Å². The molecule has 0 bridgehead atoms. The van der Waals surface area contributed by atoms with E-state index in [1.165, 1.54) is 40.4 Å². The molecule has 11 nitrogen and oxygen atoms in total. The number of piperidine rings is 1. The first kappa shape index (κ1) is 24.0. The van der Waals surface area contributed by atoms with E-state index in [0.717, 1.165) is 5.56 Å². The highest BCUT2D eigenvalue weighted by Crippen LogP contribution is 2.35. The van der Waals surface area contributed by atoms with Gasteiger partial charge in [-0.3, -0.25) is 28.8 Å². The van der Waals surface area contributed by atoms with Crippen LogP contribution >= 0.6 is 0 Å². The molecule has 0 radical (unpaired) electrons. The van der Waals surface area contributed by atoms with Gasteiger partial charge >= 0.3 is 5.69 Å². The molecule has 1 amide bonds. The number of benzene rings is 2. The van der Waals surface area contributed by atoms with Crippen LogP contribution in [0.25, 0.3) is 10.9 Å². The Labute approximate surface area is 200 Å². The minimum Gasteiger partial charge on any atom is -0.493 e. The maximum Gasteiger partial charge on any atom is 0.331 e. The molecule has 2 aromatic carbocycles. The molecule has 1 aromatic heterocycles. The van der Waals surface area contributed by atoms with Crippen molar-refractivity contribution in [2.24, 2.45) is 7.05 Å². The van der Waals surface area contributed by atoms with Crippen molar-refractivity contribution in [2.75, 3.05) is 27.3 Å². The number of carbonyl (C=O) groups excluding carboxylic acids is 1. The molecule has 35 heavy (non-hydrogen) atoms. The van der Waals surface area contributed by atoms with Gasteiger partial charge in [-0.05, 0) is 31.9 Å². The first-order valence-corrected chi connectivity index (χ1v) is 11.1. The van der Waals surface area contributed by atoms with Crippen molar-refractivity contribution >= 4 is 22.5 Å². The molecule has 11 heteroatoms. The number of hydrogen-bond acceptors (Lipinski definition) is 7. The van der Waals surface area contributed by atoms with Crippen LogP contribution in [-0.2, 0) is 7.05 Å². The SMILES string of the molecule is COc1cc(C(=O)N2CCC(n3c(=O)c4cc(C)ccc4n(C)c3=O)CC2)c([N+](=O)[O-])cc1OC. The van der Waals surface area contributed by atoms with E-state index in [4.69, 9.17) is 9.47 Å². The van der Waals surface area contributed by atoms with Gasteiger partial charge in [-0.1, -0.05) is 11.6 Å². The average molecular weight is 482 g/mol. The first-order chi connectivity index (χ1) is 16.7. The third-order valence-electron chi connectivity index (χ3n) is 6.50. The highest BCUT2D eigenvalue weighted by atomic mass is 16.6. The molecule has 0 spiro atoms. The van der Waals surface area contributed by atoms with Crippen molar-refractivity contribution in [3.63, 3.8) is 0 Å². The van der Waals surface area contributed by atoms with Crippen LogP contribution in [-0.4, -0.2) is 52.2 Å². The normalized spacial score (nSPS) is 14.2. The van der Waals surface area contributed by atoms with Crippen LogP contribution in [0.4, 0.5) is 5.69 Å². The highest BCUT2D eigenvalue weighted by Gasteiger charge is 2.32. The number of rotatable bonds is 5. The molecule has 1 saturated heterocycles. The zero-order valence-electron chi connectivity index (χ0n) is 19.9. The monoisotopic (exact) mass is 482 g/mol. The topological polar surface area (TPSA) is 126 Å². The summed E-state index contributed by atoms with van der Waals surface area (Å²) < 4.78 is 13.1. The summed E-state index contributed by atoms with van der Waals surface area (Å²) in [5.74, 6) is -0.167. The fourth-order valence-corrected chi connectivity index (χ4v) is 4.61. The number of methoxy groups -OCH3 is 2. The van der Waals surface area contributed by atoms with Crippen LogP contribution in [0.5, 0.6) is 11.5 Å². The van der Waals surface area contributed by atoms with Crippen molar-refractivity contribution in [1.29, 1.82) is 0 Å². The number of nitro benzene ring substituents is 1. The maximum atomic E-state index is 13.2. The Bertz CT molecular complexity index is 1450. The lowest BCUT2D eigenvalue weighted by molar-refractivity contribution is -0.385. The standard InChI is InChI=1S/C24H26N4O7/c1-14-5-6-18-16(11-14)23(30)27(24(31)25(18)2)15-7-9-26(10-8-15)22(29)17-12-20(34-3)21(35-4)13-19(17)28(32)33/h5-6,11-13,15H,7-10H2,1-4H3. The van der Waals surface area contributed by atoms with Gasteiger partial charge in [0.1, 0.15) is 5.56 Å². The van der Waals surface area contributed by atoms with Crippen LogP contribution in [0.3, 0.4) is 0 Å². The molecule has 1 aliphatic heterocycles. The predicted octanol–water partition coefficient (Wildman–Crippen LogP) is 2.41. The average Bonchev–Trinajstić information content (AvgIpc) is 2.86. The number of hydrogen-bond donors (Lipinski definition) is 0. The summed E-state index contributed by atoms with van der Waals surface area (Å²) in [5.41, 5.74) is 0.218. The van der Waals surface area contributed by atoms with Crippen LogP contribution in [0.15, 0.2) is 39.9 Å². The fraction of sp³-hybridized carbons (Fsp3) is 0.375. The number of likely N-dealkylation sites (tertiary alicyclic amines) is 1. The molecular formula is C24H26N4O7. The maximum absolute atomic E-state index is 13.2. The number of aromatic nitrogens is 2. The molecule has 4 rings (SSSR count). The van der Waals surface area contributed by atoms with E-state index in [2.05, 4.69) is 0 Å². The summed E-state index contributed by atoms with van der Waals surface area (Å²) in [6, 6.07) is 7.45. The number of carbonyl (C=O) groups is 1. The molecule has 0 N–H and O–H groups in total. The van der Waals surface area contributed by atoms with Gasteiger partial charge in [0.2, 0.25) is 0 Å². The van der Waals surface area contributed by atoms with Crippen LogP contribution in [0.2, 0.25) is 0 Å². The number of amides is 1. The van der Waals surface area contributed by atoms with E-state index < -0.39 is 22.6 Å². The molecule has 1 aliphatic rings. The fourth-order valence-electron chi connectivity index (χ4n) is 4.61. The summed E-state index contributed by atoms with van der Waals surface area (Å²) in [6.45, 7) is 2.35. The summed E-state index contributed by atoms with van der Waals surface area (Å²) in [7, 11) is 4.37. The molecule has 3 aromatic rings. The van der Waals surface area contributed by atoms with E-state index in [9.17, 15) is 24.5 Å². The molecular weight excluding hydrogens is 456 g/mol. The predicted molar refractivity (Wildman–Crippen MR) is 129 cm³/mol. The lowest BCUT2D eigenvalue weighted by atomic mass is 10.0. The molecule has 0 unspecified atom stereocenters.